The quantitative estimate of drug-likeness (QED) is 0.402. The van der Waals surface area contributed by atoms with Crippen molar-refractivity contribution in [3.8, 4) is 0 Å². The van der Waals surface area contributed by atoms with Gasteiger partial charge in [-0.2, -0.15) is 11.8 Å². The van der Waals surface area contributed by atoms with Gasteiger partial charge < -0.3 is 5.73 Å². The molecule has 1 atom stereocenters. The van der Waals surface area contributed by atoms with Gasteiger partial charge in [0.15, 0.2) is 5.11 Å². The number of hydrogen-bond donors (Lipinski definition) is 3. The van der Waals surface area contributed by atoms with Gasteiger partial charge in [-0.15, -0.1) is 0 Å². The van der Waals surface area contributed by atoms with Crippen LogP contribution in [0.2, 0.25) is 0 Å². The van der Waals surface area contributed by atoms with Crippen LogP contribution in [-0.2, 0) is 4.79 Å². The normalized spacial score (nSPS) is 21.8. The predicted octanol–water partition coefficient (Wildman–Crippen LogP) is -0.396. The second-order valence-electron chi connectivity index (χ2n) is 2.54. The molecule has 12 heavy (non-hydrogen) atoms. The first-order valence-corrected chi connectivity index (χ1v) is 5.19. The smallest absolute Gasteiger partial charge is 0.242 e. The first kappa shape index (κ1) is 9.60. The number of carbonyl (C=O) groups is 1. The minimum atomic E-state index is -0.0206. The number of amides is 1. The van der Waals surface area contributed by atoms with Crippen LogP contribution < -0.4 is 16.6 Å². The maximum Gasteiger partial charge on any atom is 0.242 e. The van der Waals surface area contributed by atoms with Crippen molar-refractivity contribution in [2.75, 3.05) is 11.5 Å². The molecule has 68 valence electrons. The third-order valence-corrected chi connectivity index (χ3v) is 2.87. The number of rotatable bonds is 1. The lowest BCUT2D eigenvalue weighted by atomic mass is 10.1. The molecule has 0 bridgehead atoms. The lowest BCUT2D eigenvalue weighted by Gasteiger charge is -2.09. The molecule has 0 aromatic rings. The number of nitrogens with two attached hydrogens (primary N) is 1. The topological polar surface area (TPSA) is 67.2 Å². The van der Waals surface area contributed by atoms with Crippen LogP contribution in [0.15, 0.2) is 0 Å². The van der Waals surface area contributed by atoms with E-state index in [0.29, 0.717) is 0 Å². The summed E-state index contributed by atoms with van der Waals surface area (Å²) in [6.07, 6.45) is 0.940. The molecule has 1 saturated heterocycles. The van der Waals surface area contributed by atoms with Crippen LogP contribution in [0.4, 0.5) is 0 Å². The molecule has 1 aliphatic heterocycles. The molecular weight excluding hydrogens is 194 g/mol. The summed E-state index contributed by atoms with van der Waals surface area (Å²) in [7, 11) is 0. The highest BCUT2D eigenvalue weighted by molar-refractivity contribution is 7.99. The van der Waals surface area contributed by atoms with Crippen molar-refractivity contribution in [1.82, 2.24) is 10.9 Å². The first-order chi connectivity index (χ1) is 5.70. The van der Waals surface area contributed by atoms with Gasteiger partial charge in [-0.25, -0.2) is 0 Å². The fraction of sp³-hybridized carbons (Fsp3) is 0.667. The second-order valence-corrected chi connectivity index (χ2v) is 4.13. The van der Waals surface area contributed by atoms with Crippen LogP contribution in [0.5, 0.6) is 0 Å². The van der Waals surface area contributed by atoms with Crippen LogP contribution in [0.3, 0.4) is 0 Å². The Balaban J connectivity index is 2.23. The molecular formula is C6H11N3OS2. The molecule has 4 N–H and O–H groups in total. The monoisotopic (exact) mass is 205 g/mol. The Kier molecular flexibility index (Phi) is 3.61. The number of thiocarbonyl (C=S) groups is 1. The molecule has 1 heterocycles. The van der Waals surface area contributed by atoms with Crippen molar-refractivity contribution >= 4 is 35.0 Å². The van der Waals surface area contributed by atoms with E-state index in [-0.39, 0.29) is 16.9 Å². The van der Waals surface area contributed by atoms with Crippen molar-refractivity contribution in [2.24, 2.45) is 11.7 Å². The molecule has 1 rings (SSSR count). The highest BCUT2D eigenvalue weighted by atomic mass is 32.2. The Labute approximate surface area is 80.6 Å². The SMILES string of the molecule is NC(=S)NNC(=O)C1CCSC1. The van der Waals surface area contributed by atoms with Gasteiger partial charge in [-0.1, -0.05) is 0 Å². The molecule has 6 heteroatoms. The van der Waals surface area contributed by atoms with Gasteiger partial charge in [0.1, 0.15) is 0 Å². The highest BCUT2D eigenvalue weighted by Crippen LogP contribution is 2.22. The summed E-state index contributed by atoms with van der Waals surface area (Å²) in [4.78, 5) is 11.2. The molecule has 0 aliphatic carbocycles. The van der Waals surface area contributed by atoms with Crippen molar-refractivity contribution in [3.05, 3.63) is 0 Å². The summed E-state index contributed by atoms with van der Waals surface area (Å²) in [6, 6.07) is 0. The van der Waals surface area contributed by atoms with E-state index in [1.807, 2.05) is 0 Å². The summed E-state index contributed by atoms with van der Waals surface area (Å²) >= 11 is 6.33. The molecule has 1 amide bonds. The fourth-order valence-electron chi connectivity index (χ4n) is 0.967. The predicted molar refractivity (Wildman–Crippen MR) is 53.5 cm³/mol. The van der Waals surface area contributed by atoms with Gasteiger partial charge >= 0.3 is 0 Å². The van der Waals surface area contributed by atoms with Crippen LogP contribution >= 0.6 is 24.0 Å². The summed E-state index contributed by atoms with van der Waals surface area (Å²) in [5.74, 6) is 2.04. The number of nitrogens with one attached hydrogen (secondary N) is 2. The van der Waals surface area contributed by atoms with E-state index in [1.165, 1.54) is 0 Å². The third-order valence-electron chi connectivity index (χ3n) is 1.61. The van der Waals surface area contributed by atoms with E-state index in [2.05, 4.69) is 23.1 Å². The molecule has 0 saturated carbocycles. The lowest BCUT2D eigenvalue weighted by molar-refractivity contribution is -0.124. The molecule has 1 aliphatic rings. The molecule has 4 nitrogen and oxygen atoms in total. The van der Waals surface area contributed by atoms with E-state index in [1.54, 1.807) is 11.8 Å². The van der Waals surface area contributed by atoms with Crippen molar-refractivity contribution in [3.63, 3.8) is 0 Å². The van der Waals surface area contributed by atoms with Gasteiger partial charge in [0, 0.05) is 11.7 Å². The van der Waals surface area contributed by atoms with Crippen LogP contribution in [-0.4, -0.2) is 22.5 Å². The average molecular weight is 205 g/mol. The first-order valence-electron chi connectivity index (χ1n) is 3.63. The highest BCUT2D eigenvalue weighted by Gasteiger charge is 2.22. The minimum Gasteiger partial charge on any atom is -0.375 e. The number of thioether (sulfide) groups is 1. The molecule has 0 spiro atoms. The molecule has 1 unspecified atom stereocenters. The van der Waals surface area contributed by atoms with Gasteiger partial charge in [0.05, 0.1) is 0 Å². The van der Waals surface area contributed by atoms with E-state index in [9.17, 15) is 4.79 Å². The van der Waals surface area contributed by atoms with Crippen LogP contribution in [0.1, 0.15) is 6.42 Å². The zero-order valence-corrected chi connectivity index (χ0v) is 8.13. The maximum absolute atomic E-state index is 11.2. The van der Waals surface area contributed by atoms with Gasteiger partial charge in [-0.05, 0) is 24.4 Å². The van der Waals surface area contributed by atoms with Gasteiger partial charge in [0.25, 0.3) is 0 Å². The van der Waals surface area contributed by atoms with Gasteiger partial charge in [-0.3, -0.25) is 15.6 Å². The average Bonchev–Trinajstić information content (AvgIpc) is 2.51. The van der Waals surface area contributed by atoms with E-state index >= 15 is 0 Å². The van der Waals surface area contributed by atoms with Crippen molar-refractivity contribution in [1.29, 1.82) is 0 Å². The Morgan fingerprint density at radius 3 is 2.83 bits per heavy atom. The van der Waals surface area contributed by atoms with Crippen molar-refractivity contribution < 1.29 is 4.79 Å². The van der Waals surface area contributed by atoms with Crippen LogP contribution in [0, 0.1) is 5.92 Å². The largest absolute Gasteiger partial charge is 0.375 e. The minimum absolute atomic E-state index is 0.0206. The molecule has 1 fully saturated rings. The van der Waals surface area contributed by atoms with Gasteiger partial charge in [0.2, 0.25) is 5.91 Å². The number of hydrogen-bond acceptors (Lipinski definition) is 3. The molecule has 0 aromatic heterocycles. The molecule has 0 aromatic carbocycles. The van der Waals surface area contributed by atoms with E-state index < -0.39 is 0 Å². The zero-order chi connectivity index (χ0) is 8.97. The number of carbonyl (C=O) groups excluding carboxylic acids is 1. The summed E-state index contributed by atoms with van der Waals surface area (Å²) < 4.78 is 0. The maximum atomic E-state index is 11.2. The Bertz CT molecular complexity index is 191. The fourth-order valence-corrected chi connectivity index (χ4v) is 2.24. The van der Waals surface area contributed by atoms with E-state index in [4.69, 9.17) is 5.73 Å². The van der Waals surface area contributed by atoms with Crippen LogP contribution in [0.25, 0.3) is 0 Å². The third kappa shape index (κ3) is 2.86. The standard InChI is InChI=1S/C6H11N3OS2/c7-6(11)9-8-5(10)4-1-2-12-3-4/h4H,1-3H2,(H,8,10)(H3,7,9,11). The number of hydrazine groups is 1. The summed E-state index contributed by atoms with van der Waals surface area (Å²) in [5.41, 5.74) is 10.0. The lowest BCUT2D eigenvalue weighted by Crippen LogP contribution is -2.46. The Morgan fingerprint density at radius 1 is 1.58 bits per heavy atom. The zero-order valence-electron chi connectivity index (χ0n) is 6.50. The summed E-state index contributed by atoms with van der Waals surface area (Å²) in [6.45, 7) is 0. The Hall–Kier alpha value is -0.490. The molecule has 0 radical (unpaired) electrons. The Morgan fingerprint density at radius 2 is 2.33 bits per heavy atom. The van der Waals surface area contributed by atoms with Crippen molar-refractivity contribution in [2.45, 2.75) is 6.42 Å². The second kappa shape index (κ2) is 4.51. The summed E-state index contributed by atoms with van der Waals surface area (Å²) in [5, 5.41) is 0.0917. The van der Waals surface area contributed by atoms with E-state index in [0.717, 1.165) is 17.9 Å².